The van der Waals surface area contributed by atoms with Crippen molar-refractivity contribution in [1.29, 1.82) is 0 Å². The van der Waals surface area contributed by atoms with E-state index in [4.69, 9.17) is 0 Å². The van der Waals surface area contributed by atoms with Gasteiger partial charge in [0.05, 0.1) is 5.41 Å². The third-order valence-electron chi connectivity index (χ3n) is 5.17. The minimum Gasteiger partial charge on any atom is -0.351 e. The number of nitrogens with one attached hydrogen (secondary N) is 2. The van der Waals surface area contributed by atoms with Crippen LogP contribution in [0.15, 0.2) is 24.3 Å². The molecule has 2 aliphatic rings. The van der Waals surface area contributed by atoms with Crippen molar-refractivity contribution in [3.05, 3.63) is 35.6 Å². The van der Waals surface area contributed by atoms with E-state index in [1.807, 2.05) is 0 Å². The first-order valence-electron chi connectivity index (χ1n) is 8.48. The number of amides is 1. The van der Waals surface area contributed by atoms with Gasteiger partial charge in [-0.2, -0.15) is 0 Å². The van der Waals surface area contributed by atoms with Crippen LogP contribution in [0.1, 0.15) is 50.5 Å². The number of rotatable bonds is 3. The van der Waals surface area contributed by atoms with E-state index in [0.29, 0.717) is 0 Å². The summed E-state index contributed by atoms with van der Waals surface area (Å²) in [5.74, 6) is -0.112. The highest BCUT2D eigenvalue weighted by Crippen LogP contribution is 2.40. The number of piperidine rings is 1. The zero-order chi connectivity index (χ0) is 15.4. The number of benzene rings is 1. The van der Waals surface area contributed by atoms with Crippen LogP contribution in [-0.2, 0) is 10.2 Å². The molecule has 5 heteroatoms. The molecule has 2 fully saturated rings. The zero-order valence-electron chi connectivity index (χ0n) is 13.4. The van der Waals surface area contributed by atoms with E-state index in [-0.39, 0.29) is 30.2 Å². The highest BCUT2D eigenvalue weighted by atomic mass is 35.5. The van der Waals surface area contributed by atoms with Gasteiger partial charge in [0.2, 0.25) is 5.91 Å². The Hall–Kier alpha value is -1.13. The van der Waals surface area contributed by atoms with Crippen molar-refractivity contribution in [2.75, 3.05) is 13.1 Å². The summed E-state index contributed by atoms with van der Waals surface area (Å²) in [6.45, 7) is 1.89. The second-order valence-corrected chi connectivity index (χ2v) is 6.67. The second-order valence-electron chi connectivity index (χ2n) is 6.67. The fourth-order valence-electron chi connectivity index (χ4n) is 3.87. The van der Waals surface area contributed by atoms with Gasteiger partial charge in [-0.25, -0.2) is 4.39 Å². The SMILES string of the molecule is Cl.O=C(N[C@H]1CCCNC1)C1(c2ccc(F)cc2)CCCCC1. The number of hydrogen-bond donors (Lipinski definition) is 2. The van der Waals surface area contributed by atoms with Crippen LogP contribution in [-0.4, -0.2) is 25.0 Å². The minimum atomic E-state index is -0.469. The van der Waals surface area contributed by atoms with Gasteiger partial charge in [-0.3, -0.25) is 4.79 Å². The quantitative estimate of drug-likeness (QED) is 0.886. The molecular weight excluding hydrogens is 315 g/mol. The van der Waals surface area contributed by atoms with E-state index >= 15 is 0 Å². The van der Waals surface area contributed by atoms with Gasteiger partial charge in [-0.1, -0.05) is 31.4 Å². The van der Waals surface area contributed by atoms with Crippen LogP contribution < -0.4 is 10.6 Å². The number of halogens is 2. The predicted molar refractivity (Wildman–Crippen MR) is 92.4 cm³/mol. The summed E-state index contributed by atoms with van der Waals surface area (Å²) in [6, 6.07) is 6.75. The van der Waals surface area contributed by atoms with Crippen LogP contribution in [0.3, 0.4) is 0 Å². The van der Waals surface area contributed by atoms with E-state index in [1.165, 1.54) is 18.6 Å². The van der Waals surface area contributed by atoms with Gasteiger partial charge in [0.1, 0.15) is 5.82 Å². The lowest BCUT2D eigenvalue weighted by Gasteiger charge is -2.38. The van der Waals surface area contributed by atoms with Crippen LogP contribution in [0.4, 0.5) is 4.39 Å². The maximum atomic E-state index is 13.2. The highest BCUT2D eigenvalue weighted by Gasteiger charge is 2.41. The summed E-state index contributed by atoms with van der Waals surface area (Å²) >= 11 is 0. The summed E-state index contributed by atoms with van der Waals surface area (Å²) in [5, 5.41) is 6.59. The van der Waals surface area contributed by atoms with Crippen LogP contribution >= 0.6 is 12.4 Å². The fraction of sp³-hybridized carbons (Fsp3) is 0.611. The first kappa shape index (κ1) is 18.2. The van der Waals surface area contributed by atoms with Gasteiger partial charge in [-0.15, -0.1) is 12.4 Å². The van der Waals surface area contributed by atoms with Gasteiger partial charge < -0.3 is 10.6 Å². The molecule has 0 spiro atoms. The molecule has 1 heterocycles. The van der Waals surface area contributed by atoms with Gasteiger partial charge in [0.15, 0.2) is 0 Å². The maximum absolute atomic E-state index is 13.2. The average Bonchev–Trinajstić information content (AvgIpc) is 2.57. The van der Waals surface area contributed by atoms with E-state index in [0.717, 1.165) is 57.2 Å². The molecule has 128 valence electrons. The lowest BCUT2D eigenvalue weighted by atomic mass is 9.68. The van der Waals surface area contributed by atoms with Crippen molar-refractivity contribution in [1.82, 2.24) is 10.6 Å². The average molecular weight is 341 g/mol. The standard InChI is InChI=1S/C18H25FN2O.ClH/c19-15-8-6-14(7-9-15)18(10-2-1-3-11-18)17(22)21-16-5-4-12-20-13-16;/h6-9,16,20H,1-5,10-13H2,(H,21,22);1H/t16-;/m0./s1. The number of carbonyl (C=O) groups is 1. The van der Waals surface area contributed by atoms with Crippen LogP contribution in [0.25, 0.3) is 0 Å². The molecule has 1 aliphatic carbocycles. The Labute approximate surface area is 143 Å². The van der Waals surface area contributed by atoms with Crippen molar-refractivity contribution in [3.63, 3.8) is 0 Å². The maximum Gasteiger partial charge on any atom is 0.230 e. The minimum absolute atomic E-state index is 0. The molecule has 2 N–H and O–H groups in total. The highest BCUT2D eigenvalue weighted by molar-refractivity contribution is 5.88. The lowest BCUT2D eigenvalue weighted by Crippen LogP contribution is -2.53. The molecule has 1 amide bonds. The molecular formula is C18H26ClFN2O. The van der Waals surface area contributed by atoms with Gasteiger partial charge >= 0.3 is 0 Å². The Balaban J connectivity index is 0.00000192. The predicted octanol–water partition coefficient (Wildman–Crippen LogP) is 3.32. The molecule has 0 unspecified atom stereocenters. The first-order chi connectivity index (χ1) is 10.7. The summed E-state index contributed by atoms with van der Waals surface area (Å²) in [6.07, 6.45) is 7.19. The van der Waals surface area contributed by atoms with Crippen molar-refractivity contribution in [3.8, 4) is 0 Å². The van der Waals surface area contributed by atoms with Gasteiger partial charge in [0.25, 0.3) is 0 Å². The molecule has 1 aromatic carbocycles. The molecule has 1 aliphatic heterocycles. The molecule has 23 heavy (non-hydrogen) atoms. The molecule has 1 saturated heterocycles. The molecule has 1 atom stereocenters. The van der Waals surface area contributed by atoms with E-state index in [2.05, 4.69) is 10.6 Å². The monoisotopic (exact) mass is 340 g/mol. The van der Waals surface area contributed by atoms with E-state index in [1.54, 1.807) is 12.1 Å². The van der Waals surface area contributed by atoms with E-state index in [9.17, 15) is 9.18 Å². The zero-order valence-corrected chi connectivity index (χ0v) is 14.3. The Kier molecular flexibility index (Phi) is 6.42. The first-order valence-corrected chi connectivity index (χ1v) is 8.48. The Bertz CT molecular complexity index is 508. The smallest absolute Gasteiger partial charge is 0.230 e. The summed E-state index contributed by atoms with van der Waals surface area (Å²) in [4.78, 5) is 13.0. The summed E-state index contributed by atoms with van der Waals surface area (Å²) < 4.78 is 13.2. The van der Waals surface area contributed by atoms with Crippen molar-refractivity contribution >= 4 is 18.3 Å². The molecule has 1 aromatic rings. The largest absolute Gasteiger partial charge is 0.351 e. The lowest BCUT2D eigenvalue weighted by molar-refractivity contribution is -0.129. The third-order valence-corrected chi connectivity index (χ3v) is 5.17. The number of hydrogen-bond acceptors (Lipinski definition) is 2. The van der Waals surface area contributed by atoms with Crippen LogP contribution in [0.5, 0.6) is 0 Å². The molecule has 0 aromatic heterocycles. The Morgan fingerprint density at radius 2 is 1.83 bits per heavy atom. The van der Waals surface area contributed by atoms with Gasteiger partial charge in [0, 0.05) is 12.6 Å². The normalized spacial score (nSPS) is 23.6. The molecule has 0 bridgehead atoms. The third kappa shape index (κ3) is 4.04. The fourth-order valence-corrected chi connectivity index (χ4v) is 3.87. The second kappa shape index (κ2) is 8.11. The molecule has 3 nitrogen and oxygen atoms in total. The van der Waals surface area contributed by atoms with Gasteiger partial charge in [-0.05, 0) is 49.9 Å². The Morgan fingerprint density at radius 3 is 2.43 bits per heavy atom. The molecule has 1 saturated carbocycles. The molecule has 0 radical (unpaired) electrons. The van der Waals surface area contributed by atoms with Crippen molar-refractivity contribution < 1.29 is 9.18 Å². The summed E-state index contributed by atoms with van der Waals surface area (Å²) in [7, 11) is 0. The van der Waals surface area contributed by atoms with Crippen molar-refractivity contribution in [2.45, 2.75) is 56.4 Å². The molecule has 3 rings (SSSR count). The Morgan fingerprint density at radius 1 is 1.13 bits per heavy atom. The van der Waals surface area contributed by atoms with Crippen molar-refractivity contribution in [2.24, 2.45) is 0 Å². The van der Waals surface area contributed by atoms with Crippen LogP contribution in [0.2, 0.25) is 0 Å². The topological polar surface area (TPSA) is 41.1 Å². The number of carbonyl (C=O) groups excluding carboxylic acids is 1. The van der Waals surface area contributed by atoms with Crippen LogP contribution in [0, 0.1) is 5.82 Å². The summed E-state index contributed by atoms with van der Waals surface area (Å²) in [5.41, 5.74) is 0.499. The van der Waals surface area contributed by atoms with E-state index < -0.39 is 5.41 Å².